The molecule has 9 rings (SSSR count). The van der Waals surface area contributed by atoms with Crippen molar-refractivity contribution in [3.63, 3.8) is 0 Å². The number of carbonyl (C=O) groups is 2. The van der Waals surface area contributed by atoms with Crippen molar-refractivity contribution < 1.29 is 30.0 Å². The maximum atomic E-state index is 13.7. The minimum absolute atomic E-state index is 0.0306. The smallest absolute Gasteiger partial charge is 0.339 e. The molecule has 4 heterocycles. The molecule has 0 amide bonds. The third-order valence-corrected chi connectivity index (χ3v) is 11.6. The molecule has 324 valence electrons. The van der Waals surface area contributed by atoms with Gasteiger partial charge in [-0.3, -0.25) is 18.5 Å². The van der Waals surface area contributed by atoms with Crippen LogP contribution in [0.25, 0.3) is 43.6 Å². The van der Waals surface area contributed by atoms with E-state index in [0.717, 1.165) is 36.0 Å². The second kappa shape index (κ2) is 17.4. The van der Waals surface area contributed by atoms with Gasteiger partial charge in [0.1, 0.15) is 28.5 Å². The molecular weight excluding hydrogens is 817 g/mol. The Bertz CT molecular complexity index is 3280. The third kappa shape index (κ3) is 7.84. The summed E-state index contributed by atoms with van der Waals surface area (Å²) in [6, 6.07) is 24.5. The number of benzene rings is 5. The molecule has 1 aliphatic rings. The first-order valence-electron chi connectivity index (χ1n) is 20.5. The number of aromatic nitrogens is 6. The average molecular weight is 861 g/mol. The van der Waals surface area contributed by atoms with Crippen molar-refractivity contribution in [3.8, 4) is 23.3 Å². The molecule has 3 aromatic heterocycles. The monoisotopic (exact) mass is 860 g/mol. The van der Waals surface area contributed by atoms with Crippen LogP contribution in [0.5, 0.6) is 11.5 Å². The van der Waals surface area contributed by atoms with Crippen LogP contribution >= 0.6 is 0 Å². The van der Waals surface area contributed by atoms with Crippen molar-refractivity contribution in [2.75, 3.05) is 18.0 Å². The van der Waals surface area contributed by atoms with Crippen LogP contribution in [0, 0.1) is 18.8 Å². The number of aryl methyl sites for hydroxylation is 2. The largest absolute Gasteiger partial charge is 0.507 e. The summed E-state index contributed by atoms with van der Waals surface area (Å²) in [4.78, 5) is 66.2. The highest BCUT2D eigenvalue weighted by molar-refractivity contribution is 6.02. The maximum Gasteiger partial charge on any atom is 0.339 e. The Balaban J connectivity index is 0.000000178. The predicted molar refractivity (Wildman–Crippen MR) is 243 cm³/mol. The zero-order valence-corrected chi connectivity index (χ0v) is 35.2. The zero-order valence-electron chi connectivity index (χ0n) is 35.2. The van der Waals surface area contributed by atoms with Gasteiger partial charge in [-0.05, 0) is 66.4 Å². The van der Waals surface area contributed by atoms with Gasteiger partial charge < -0.3 is 31.1 Å². The fourth-order valence-electron chi connectivity index (χ4n) is 8.43. The van der Waals surface area contributed by atoms with E-state index in [1.165, 1.54) is 21.3 Å². The van der Waals surface area contributed by atoms with Gasteiger partial charge in [0.15, 0.2) is 11.2 Å². The Labute approximate surface area is 365 Å². The SMILES string of the molecule is CC#CCn1c(N2CCC[C@@H](N)C2)nc2c1c(=O)n(Cc1nc(C)c3ccccc3n1)c(=O)n2C.O=C(O)c1cc2ccccc2c(Cc2c(O)c(C(=O)O)cc3ccccc23)c1O. The van der Waals surface area contributed by atoms with E-state index in [4.69, 9.17) is 10.7 Å². The predicted octanol–water partition coefficient (Wildman–Crippen LogP) is 5.54. The van der Waals surface area contributed by atoms with Gasteiger partial charge in [0.2, 0.25) is 5.95 Å². The summed E-state index contributed by atoms with van der Waals surface area (Å²) in [6.45, 7) is 5.31. The van der Waals surface area contributed by atoms with Crippen LogP contribution in [0.2, 0.25) is 0 Å². The van der Waals surface area contributed by atoms with Crippen LogP contribution in [0.4, 0.5) is 5.95 Å². The van der Waals surface area contributed by atoms with Gasteiger partial charge in [0.05, 0.1) is 18.6 Å². The first kappa shape index (κ1) is 42.7. The van der Waals surface area contributed by atoms with Crippen molar-refractivity contribution in [2.24, 2.45) is 12.8 Å². The number of imidazole rings is 1. The molecule has 5 aromatic carbocycles. The van der Waals surface area contributed by atoms with E-state index in [-0.39, 0.29) is 36.7 Å². The standard InChI is InChI=1S/C25H28N8O2.C23H16O6/c1-4-5-13-32-21-22(29-24(32)31-12-8-9-17(26)14-31)30(3)25(35)33(23(21)34)15-20-27-16(2)18-10-6-7-11-19(18)28-20;24-20-16(14-7-3-1-5-12(14)9-18(20)22(26)27)11-17-15-8-4-2-6-13(15)10-19(21(17)25)23(28)29/h6-7,10-11,17H,8-9,12-15,26H2,1-3H3;1-10,24-25H,11H2,(H,26,27)(H,28,29)/t17-;/m1./s1. The number of phenols is 2. The molecule has 64 heavy (non-hydrogen) atoms. The molecule has 0 bridgehead atoms. The van der Waals surface area contributed by atoms with Gasteiger partial charge in [-0.25, -0.2) is 24.4 Å². The van der Waals surface area contributed by atoms with Crippen molar-refractivity contribution in [2.45, 2.75) is 52.2 Å². The molecule has 6 N–H and O–H groups in total. The quantitative estimate of drug-likeness (QED) is 0.118. The first-order chi connectivity index (χ1) is 30.8. The Morgan fingerprint density at radius 3 is 1.97 bits per heavy atom. The number of rotatable bonds is 8. The Kier molecular flexibility index (Phi) is 11.6. The second-order valence-electron chi connectivity index (χ2n) is 15.7. The number of carboxylic acid groups (broad SMARTS) is 2. The first-order valence-corrected chi connectivity index (χ1v) is 20.5. The lowest BCUT2D eigenvalue weighted by atomic mass is 9.90. The maximum absolute atomic E-state index is 13.7. The molecule has 0 aliphatic carbocycles. The molecule has 1 fully saturated rings. The van der Waals surface area contributed by atoms with Crippen molar-refractivity contribution in [1.82, 2.24) is 28.7 Å². The average Bonchev–Trinajstić information content (AvgIpc) is 3.67. The minimum atomic E-state index is -1.28. The number of anilines is 1. The number of fused-ring (bicyclic) bond motifs is 4. The summed E-state index contributed by atoms with van der Waals surface area (Å²) in [5.41, 5.74) is 7.65. The van der Waals surface area contributed by atoms with Crippen molar-refractivity contribution >= 4 is 61.5 Å². The highest BCUT2D eigenvalue weighted by atomic mass is 16.4. The molecule has 0 radical (unpaired) electrons. The van der Waals surface area contributed by atoms with E-state index < -0.39 is 34.7 Å². The summed E-state index contributed by atoms with van der Waals surface area (Å²) in [7, 11) is 1.63. The van der Waals surface area contributed by atoms with E-state index in [2.05, 4.69) is 26.7 Å². The van der Waals surface area contributed by atoms with Crippen molar-refractivity contribution in [1.29, 1.82) is 0 Å². The van der Waals surface area contributed by atoms with E-state index >= 15 is 0 Å². The molecule has 16 heteroatoms. The Morgan fingerprint density at radius 2 is 1.39 bits per heavy atom. The molecular formula is C48H44N8O8. The van der Waals surface area contributed by atoms with Gasteiger partial charge in [-0.2, -0.15) is 4.98 Å². The van der Waals surface area contributed by atoms with Gasteiger partial charge >= 0.3 is 17.6 Å². The molecule has 0 saturated carbocycles. The van der Waals surface area contributed by atoms with Crippen molar-refractivity contribution in [3.05, 3.63) is 140 Å². The molecule has 1 atom stereocenters. The van der Waals surface area contributed by atoms with Crippen LogP contribution in [0.3, 0.4) is 0 Å². The molecule has 0 unspecified atom stereocenters. The van der Waals surface area contributed by atoms with Crippen LogP contribution in [0.15, 0.2) is 94.5 Å². The van der Waals surface area contributed by atoms with Crippen LogP contribution in [-0.2, 0) is 26.6 Å². The summed E-state index contributed by atoms with van der Waals surface area (Å²) in [5.74, 6) is 3.60. The Hall–Kier alpha value is -8.03. The van der Waals surface area contributed by atoms with Gasteiger partial charge in [-0.1, -0.05) is 72.7 Å². The summed E-state index contributed by atoms with van der Waals surface area (Å²) < 4.78 is 4.39. The van der Waals surface area contributed by atoms with E-state index in [1.54, 1.807) is 67.1 Å². The summed E-state index contributed by atoms with van der Waals surface area (Å²) >= 11 is 0. The number of aromatic hydroxyl groups is 2. The molecule has 0 spiro atoms. The Morgan fingerprint density at radius 1 is 0.812 bits per heavy atom. The van der Waals surface area contributed by atoms with Crippen LogP contribution in [-0.4, -0.2) is 80.1 Å². The minimum Gasteiger partial charge on any atom is -0.507 e. The molecule has 16 nitrogen and oxygen atoms in total. The second-order valence-corrected chi connectivity index (χ2v) is 15.7. The van der Waals surface area contributed by atoms with Crippen LogP contribution < -0.4 is 21.9 Å². The number of carboxylic acids is 2. The number of nitrogens with zero attached hydrogens (tertiary/aromatic N) is 7. The molecule has 1 aliphatic heterocycles. The van der Waals surface area contributed by atoms with Crippen LogP contribution in [0.1, 0.15) is 63.1 Å². The number of nitrogens with two attached hydrogens (primary N) is 1. The number of para-hydroxylation sites is 1. The topological polar surface area (TPSA) is 232 Å². The fraction of sp³-hybridized carbons (Fsp3) is 0.229. The number of hydrogen-bond donors (Lipinski definition) is 5. The van der Waals surface area contributed by atoms with E-state index in [9.17, 15) is 39.6 Å². The molecule has 8 aromatic rings. The zero-order chi connectivity index (χ0) is 45.4. The number of piperidine rings is 1. The normalized spacial score (nSPS) is 13.8. The fourth-order valence-corrected chi connectivity index (χ4v) is 8.43. The third-order valence-electron chi connectivity index (χ3n) is 11.6. The van der Waals surface area contributed by atoms with Gasteiger partial charge in [0.25, 0.3) is 5.56 Å². The summed E-state index contributed by atoms with van der Waals surface area (Å²) in [5, 5.41) is 43.7. The lowest BCUT2D eigenvalue weighted by molar-refractivity contribution is 0.0682. The highest BCUT2D eigenvalue weighted by Crippen LogP contribution is 2.39. The number of hydrogen-bond acceptors (Lipinski definition) is 11. The number of aromatic carboxylic acids is 2. The highest BCUT2D eigenvalue weighted by Gasteiger charge is 2.27. The lowest BCUT2D eigenvalue weighted by Crippen LogP contribution is -2.44. The van der Waals surface area contributed by atoms with Gasteiger partial charge in [0, 0.05) is 54.8 Å². The lowest BCUT2D eigenvalue weighted by Gasteiger charge is -2.31. The van der Waals surface area contributed by atoms with Gasteiger partial charge in [-0.15, -0.1) is 5.92 Å². The summed E-state index contributed by atoms with van der Waals surface area (Å²) in [6.07, 6.45) is 1.84. The molecule has 1 saturated heterocycles. The van der Waals surface area contributed by atoms with E-state index in [0.29, 0.717) is 62.2 Å². The van der Waals surface area contributed by atoms with E-state index in [1.807, 2.05) is 31.2 Å².